The molecule has 0 aliphatic carbocycles. The van der Waals surface area contributed by atoms with Crippen LogP contribution in [-0.2, 0) is 16.0 Å². The standard InChI is InChI=1S/C20H29N3O3.C2HF3O2/c1-20(14-16-5-7-17(26-2)8-6-16)18(24)23(19(25)22-20)13-10-15-4-3-11-21-12-9-15;3-2(4,5)1(6)7/h5-8,15,21H,3-4,9-14H2,1-2H3,(H,22,25);(H,6,7). The van der Waals surface area contributed by atoms with E-state index in [-0.39, 0.29) is 11.9 Å². The van der Waals surface area contributed by atoms with Crippen molar-refractivity contribution in [2.45, 2.75) is 50.7 Å². The van der Waals surface area contributed by atoms with Gasteiger partial charge in [0.2, 0.25) is 0 Å². The van der Waals surface area contributed by atoms with Gasteiger partial charge in [-0.2, -0.15) is 13.2 Å². The zero-order chi connectivity index (χ0) is 24.6. The first-order chi connectivity index (χ1) is 15.5. The zero-order valence-corrected chi connectivity index (χ0v) is 18.7. The molecule has 0 bridgehead atoms. The van der Waals surface area contributed by atoms with Crippen LogP contribution in [0.2, 0.25) is 0 Å². The van der Waals surface area contributed by atoms with E-state index in [0.29, 0.717) is 18.9 Å². The van der Waals surface area contributed by atoms with E-state index < -0.39 is 17.7 Å². The van der Waals surface area contributed by atoms with Gasteiger partial charge in [-0.25, -0.2) is 9.59 Å². The Balaban J connectivity index is 0.000000479. The fourth-order valence-electron chi connectivity index (χ4n) is 3.91. The Morgan fingerprint density at radius 3 is 2.42 bits per heavy atom. The Hall–Kier alpha value is -2.82. The summed E-state index contributed by atoms with van der Waals surface area (Å²) in [6, 6.07) is 7.35. The van der Waals surface area contributed by atoms with E-state index in [1.165, 1.54) is 17.7 Å². The van der Waals surface area contributed by atoms with Crippen molar-refractivity contribution in [1.29, 1.82) is 0 Å². The Morgan fingerprint density at radius 1 is 1.21 bits per heavy atom. The van der Waals surface area contributed by atoms with E-state index in [9.17, 15) is 22.8 Å². The van der Waals surface area contributed by atoms with Crippen molar-refractivity contribution in [3.63, 3.8) is 0 Å². The lowest BCUT2D eigenvalue weighted by molar-refractivity contribution is -0.192. The quantitative estimate of drug-likeness (QED) is 0.549. The third-order valence-electron chi connectivity index (χ3n) is 5.76. The average molecular weight is 473 g/mol. The molecule has 2 saturated heterocycles. The van der Waals surface area contributed by atoms with Crippen LogP contribution in [0, 0.1) is 5.92 Å². The van der Waals surface area contributed by atoms with Crippen molar-refractivity contribution >= 4 is 17.9 Å². The molecule has 184 valence electrons. The minimum atomic E-state index is -5.08. The molecule has 3 amide bonds. The highest BCUT2D eigenvalue weighted by Gasteiger charge is 2.47. The number of hydrogen-bond donors (Lipinski definition) is 3. The van der Waals surface area contributed by atoms with Crippen LogP contribution in [0.4, 0.5) is 18.0 Å². The molecule has 2 unspecified atom stereocenters. The summed E-state index contributed by atoms with van der Waals surface area (Å²) in [6.07, 6.45) is -0.266. The number of rotatable bonds is 6. The number of nitrogens with zero attached hydrogens (tertiary/aromatic N) is 1. The second-order valence-corrected chi connectivity index (χ2v) is 8.38. The maximum atomic E-state index is 12.9. The van der Waals surface area contributed by atoms with Gasteiger partial charge in [-0.15, -0.1) is 0 Å². The van der Waals surface area contributed by atoms with Gasteiger partial charge >= 0.3 is 18.2 Å². The summed E-state index contributed by atoms with van der Waals surface area (Å²) in [5.74, 6) is -1.52. The number of urea groups is 1. The van der Waals surface area contributed by atoms with Crippen molar-refractivity contribution in [3.8, 4) is 5.75 Å². The molecule has 8 nitrogen and oxygen atoms in total. The molecule has 0 aromatic heterocycles. The predicted octanol–water partition coefficient (Wildman–Crippen LogP) is 2.96. The number of methoxy groups -OCH3 is 1. The summed E-state index contributed by atoms with van der Waals surface area (Å²) in [4.78, 5) is 35.6. The summed E-state index contributed by atoms with van der Waals surface area (Å²) < 4.78 is 36.9. The number of carboxylic acids is 1. The predicted molar refractivity (Wildman–Crippen MR) is 114 cm³/mol. The van der Waals surface area contributed by atoms with E-state index in [0.717, 1.165) is 37.2 Å². The van der Waals surface area contributed by atoms with Crippen LogP contribution in [0.25, 0.3) is 0 Å². The molecule has 2 aliphatic heterocycles. The fraction of sp³-hybridized carbons (Fsp3) is 0.591. The number of amides is 3. The smallest absolute Gasteiger partial charge is 0.490 e. The number of carbonyl (C=O) groups is 3. The first-order valence-corrected chi connectivity index (χ1v) is 10.7. The van der Waals surface area contributed by atoms with Crippen LogP contribution in [0.5, 0.6) is 5.75 Å². The van der Waals surface area contributed by atoms with E-state index in [2.05, 4.69) is 10.6 Å². The highest BCUT2D eigenvalue weighted by Crippen LogP contribution is 2.25. The molecule has 0 saturated carbocycles. The van der Waals surface area contributed by atoms with Crippen molar-refractivity contribution in [3.05, 3.63) is 29.8 Å². The number of halogens is 3. The summed E-state index contributed by atoms with van der Waals surface area (Å²) in [7, 11) is 1.62. The molecule has 0 radical (unpaired) electrons. The topological polar surface area (TPSA) is 108 Å². The monoisotopic (exact) mass is 473 g/mol. The fourth-order valence-corrected chi connectivity index (χ4v) is 3.91. The number of carboxylic acid groups (broad SMARTS) is 1. The van der Waals surface area contributed by atoms with Crippen LogP contribution in [-0.4, -0.2) is 66.4 Å². The molecule has 2 fully saturated rings. The van der Waals surface area contributed by atoms with E-state index in [1.807, 2.05) is 31.2 Å². The Kier molecular flexibility index (Phi) is 9.09. The van der Waals surface area contributed by atoms with Gasteiger partial charge in [-0.1, -0.05) is 12.1 Å². The third kappa shape index (κ3) is 7.62. The van der Waals surface area contributed by atoms with Crippen molar-refractivity contribution < 1.29 is 37.4 Å². The number of imide groups is 1. The van der Waals surface area contributed by atoms with Crippen molar-refractivity contribution in [2.75, 3.05) is 26.7 Å². The third-order valence-corrected chi connectivity index (χ3v) is 5.76. The van der Waals surface area contributed by atoms with E-state index in [1.54, 1.807) is 7.11 Å². The number of nitrogens with one attached hydrogen (secondary N) is 2. The average Bonchev–Trinajstić information content (AvgIpc) is 2.93. The first-order valence-electron chi connectivity index (χ1n) is 10.7. The van der Waals surface area contributed by atoms with Gasteiger partial charge in [0.15, 0.2) is 0 Å². The minimum absolute atomic E-state index is 0.120. The van der Waals surface area contributed by atoms with Gasteiger partial charge in [-0.05, 0) is 69.3 Å². The largest absolute Gasteiger partial charge is 0.497 e. The molecule has 1 aromatic rings. The highest BCUT2D eigenvalue weighted by atomic mass is 19.4. The van der Waals surface area contributed by atoms with Crippen LogP contribution in [0.3, 0.4) is 0 Å². The van der Waals surface area contributed by atoms with Crippen LogP contribution >= 0.6 is 0 Å². The molecule has 3 N–H and O–H groups in total. The molecule has 2 aliphatic rings. The van der Waals surface area contributed by atoms with Gasteiger partial charge < -0.3 is 20.5 Å². The maximum Gasteiger partial charge on any atom is 0.490 e. The van der Waals surface area contributed by atoms with Crippen molar-refractivity contribution in [2.24, 2.45) is 5.92 Å². The summed E-state index contributed by atoms with van der Waals surface area (Å²) in [5, 5.41) is 13.4. The molecule has 1 aromatic carbocycles. The number of carbonyl (C=O) groups excluding carboxylic acids is 2. The van der Waals surface area contributed by atoms with Gasteiger partial charge in [0.05, 0.1) is 7.11 Å². The Labute approximate surface area is 190 Å². The lowest BCUT2D eigenvalue weighted by atomic mass is 9.92. The van der Waals surface area contributed by atoms with Gasteiger partial charge in [0.25, 0.3) is 5.91 Å². The molecule has 33 heavy (non-hydrogen) atoms. The van der Waals surface area contributed by atoms with Gasteiger partial charge in [-0.3, -0.25) is 9.69 Å². The van der Waals surface area contributed by atoms with Gasteiger partial charge in [0.1, 0.15) is 11.3 Å². The zero-order valence-electron chi connectivity index (χ0n) is 18.7. The van der Waals surface area contributed by atoms with E-state index >= 15 is 0 Å². The first kappa shape index (κ1) is 26.4. The number of benzene rings is 1. The Morgan fingerprint density at radius 2 is 1.85 bits per heavy atom. The number of ether oxygens (including phenoxy) is 1. The second kappa shape index (κ2) is 11.4. The lowest BCUT2D eigenvalue weighted by Gasteiger charge is -2.22. The Bertz CT molecular complexity index is 824. The van der Waals surface area contributed by atoms with Gasteiger partial charge in [0, 0.05) is 13.0 Å². The van der Waals surface area contributed by atoms with E-state index in [4.69, 9.17) is 14.6 Å². The summed E-state index contributed by atoms with van der Waals surface area (Å²) in [6.45, 7) is 4.42. The minimum Gasteiger partial charge on any atom is -0.497 e. The summed E-state index contributed by atoms with van der Waals surface area (Å²) >= 11 is 0. The normalized spacial score (nSPS) is 23.3. The van der Waals surface area contributed by atoms with Crippen LogP contribution in [0.15, 0.2) is 24.3 Å². The molecule has 11 heteroatoms. The van der Waals surface area contributed by atoms with Crippen LogP contribution in [0.1, 0.15) is 38.2 Å². The van der Waals surface area contributed by atoms with Crippen LogP contribution < -0.4 is 15.4 Å². The number of hydrogen-bond acceptors (Lipinski definition) is 5. The highest BCUT2D eigenvalue weighted by molar-refractivity contribution is 6.06. The molecule has 2 heterocycles. The molecule has 3 rings (SSSR count). The number of aliphatic carboxylic acids is 1. The lowest BCUT2D eigenvalue weighted by Crippen LogP contribution is -2.46. The summed E-state index contributed by atoms with van der Waals surface area (Å²) in [5.41, 5.74) is 0.120. The molecule has 2 atom stereocenters. The SMILES string of the molecule is COc1ccc(CC2(C)NC(=O)N(CCC3CCCNCC3)C2=O)cc1.O=C(O)C(F)(F)F. The van der Waals surface area contributed by atoms with Crippen molar-refractivity contribution in [1.82, 2.24) is 15.5 Å². The molecule has 0 spiro atoms. The maximum absolute atomic E-state index is 12.9. The second-order valence-electron chi connectivity index (χ2n) is 8.38. The molecular formula is C22H30F3N3O5. The number of alkyl halides is 3. The molecular weight excluding hydrogens is 443 g/mol.